The minimum atomic E-state index is 0.196. The van der Waals surface area contributed by atoms with E-state index in [1.54, 1.807) is 0 Å². The molecule has 0 amide bonds. The van der Waals surface area contributed by atoms with Crippen molar-refractivity contribution in [3.05, 3.63) is 35.9 Å². The van der Waals surface area contributed by atoms with Crippen LogP contribution in [0.25, 0.3) is 0 Å². The fourth-order valence-electron chi connectivity index (χ4n) is 2.68. The second-order valence-corrected chi connectivity index (χ2v) is 6.13. The van der Waals surface area contributed by atoms with E-state index < -0.39 is 0 Å². The first kappa shape index (κ1) is 17.2. The fraction of sp³-hybridized carbons (Fsp3) is 0.667. The summed E-state index contributed by atoms with van der Waals surface area (Å²) in [6.07, 6.45) is 5.93. The van der Waals surface area contributed by atoms with E-state index in [1.165, 1.54) is 24.8 Å². The van der Waals surface area contributed by atoms with E-state index in [0.717, 1.165) is 12.8 Å². The van der Waals surface area contributed by atoms with Crippen molar-refractivity contribution in [2.24, 2.45) is 5.92 Å². The molecule has 0 heterocycles. The van der Waals surface area contributed by atoms with E-state index in [-0.39, 0.29) is 12.6 Å². The van der Waals surface area contributed by atoms with Gasteiger partial charge in [-0.1, -0.05) is 70.4 Å². The molecule has 0 bridgehead atoms. The molecule has 20 heavy (non-hydrogen) atoms. The first-order valence-corrected chi connectivity index (χ1v) is 8.09. The highest BCUT2D eigenvalue weighted by molar-refractivity contribution is 5.19. The lowest BCUT2D eigenvalue weighted by atomic mass is 9.97. The summed E-state index contributed by atoms with van der Waals surface area (Å²) in [6, 6.07) is 11.2. The van der Waals surface area contributed by atoms with E-state index in [2.05, 4.69) is 56.4 Å². The van der Waals surface area contributed by atoms with Crippen molar-refractivity contribution in [2.45, 2.75) is 65.0 Å². The van der Waals surface area contributed by atoms with Crippen LogP contribution < -0.4 is 5.32 Å². The Bertz CT molecular complexity index is 337. The topological polar surface area (TPSA) is 32.3 Å². The predicted molar refractivity (Wildman–Crippen MR) is 86.8 cm³/mol. The second-order valence-electron chi connectivity index (χ2n) is 6.13. The van der Waals surface area contributed by atoms with E-state index in [4.69, 9.17) is 0 Å². The van der Waals surface area contributed by atoms with Crippen molar-refractivity contribution in [1.82, 2.24) is 5.32 Å². The molecule has 2 nitrogen and oxygen atoms in total. The van der Waals surface area contributed by atoms with Crippen molar-refractivity contribution in [2.75, 3.05) is 6.61 Å². The lowest BCUT2D eigenvalue weighted by molar-refractivity contribution is 0.210. The molecule has 2 N–H and O–H groups in total. The molecular formula is C18H31NO. The molecule has 0 radical (unpaired) electrons. The van der Waals surface area contributed by atoms with Gasteiger partial charge < -0.3 is 10.4 Å². The summed E-state index contributed by atoms with van der Waals surface area (Å²) in [4.78, 5) is 0. The van der Waals surface area contributed by atoms with Gasteiger partial charge in [-0.3, -0.25) is 0 Å². The number of rotatable bonds is 10. The van der Waals surface area contributed by atoms with E-state index in [0.29, 0.717) is 12.0 Å². The number of unbranched alkanes of at least 4 members (excludes halogenated alkanes) is 2. The SMILES string of the molecule is CCCCCC(NC(CO)CC(C)C)c1ccccc1. The molecule has 0 aromatic heterocycles. The van der Waals surface area contributed by atoms with Gasteiger partial charge in [0, 0.05) is 12.1 Å². The molecule has 114 valence electrons. The second kappa shape index (κ2) is 9.95. The molecule has 0 aliphatic rings. The van der Waals surface area contributed by atoms with Crippen LogP contribution >= 0.6 is 0 Å². The zero-order valence-corrected chi connectivity index (χ0v) is 13.3. The maximum atomic E-state index is 9.58. The van der Waals surface area contributed by atoms with Crippen LogP contribution in [0, 0.1) is 5.92 Å². The van der Waals surface area contributed by atoms with E-state index in [1.807, 2.05) is 0 Å². The standard InChI is InChI=1S/C18H31NO/c1-4-5-7-12-18(16-10-8-6-9-11-16)19-17(14-20)13-15(2)3/h6,8-11,15,17-20H,4-5,7,12-14H2,1-3H3. The molecule has 2 unspecified atom stereocenters. The van der Waals surface area contributed by atoms with Crippen LogP contribution in [-0.2, 0) is 0 Å². The Balaban J connectivity index is 2.66. The summed E-state index contributed by atoms with van der Waals surface area (Å²) in [5, 5.41) is 13.2. The van der Waals surface area contributed by atoms with Gasteiger partial charge in [0.25, 0.3) is 0 Å². The third-order valence-corrected chi connectivity index (χ3v) is 3.71. The van der Waals surface area contributed by atoms with Crippen molar-refractivity contribution < 1.29 is 5.11 Å². The Kier molecular flexibility index (Phi) is 8.56. The average Bonchev–Trinajstić information content (AvgIpc) is 2.46. The monoisotopic (exact) mass is 277 g/mol. The summed E-state index contributed by atoms with van der Waals surface area (Å²) >= 11 is 0. The Labute approximate surface area is 124 Å². The van der Waals surface area contributed by atoms with E-state index >= 15 is 0 Å². The van der Waals surface area contributed by atoms with Gasteiger partial charge in [0.2, 0.25) is 0 Å². The van der Waals surface area contributed by atoms with Crippen molar-refractivity contribution in [1.29, 1.82) is 0 Å². The molecular weight excluding hydrogens is 246 g/mol. The van der Waals surface area contributed by atoms with E-state index in [9.17, 15) is 5.11 Å². The summed E-state index contributed by atoms with van der Waals surface area (Å²) in [6.45, 7) is 6.87. The maximum absolute atomic E-state index is 9.58. The molecule has 2 atom stereocenters. The number of aliphatic hydroxyl groups is 1. The fourth-order valence-corrected chi connectivity index (χ4v) is 2.68. The first-order valence-electron chi connectivity index (χ1n) is 8.09. The van der Waals surface area contributed by atoms with Crippen LogP contribution in [0.2, 0.25) is 0 Å². The molecule has 1 rings (SSSR count). The van der Waals surface area contributed by atoms with Crippen LogP contribution in [0.5, 0.6) is 0 Å². The number of nitrogens with one attached hydrogen (secondary N) is 1. The average molecular weight is 277 g/mol. The van der Waals surface area contributed by atoms with Crippen molar-refractivity contribution in [3.63, 3.8) is 0 Å². The molecule has 0 saturated carbocycles. The van der Waals surface area contributed by atoms with Crippen molar-refractivity contribution >= 4 is 0 Å². The highest BCUT2D eigenvalue weighted by atomic mass is 16.3. The quantitative estimate of drug-likeness (QED) is 0.625. The summed E-state index contributed by atoms with van der Waals surface area (Å²) in [5.74, 6) is 0.603. The molecule has 1 aromatic rings. The number of hydrogen-bond acceptors (Lipinski definition) is 2. The Morgan fingerprint density at radius 2 is 1.80 bits per heavy atom. The first-order chi connectivity index (χ1) is 9.67. The largest absolute Gasteiger partial charge is 0.395 e. The van der Waals surface area contributed by atoms with Crippen LogP contribution in [-0.4, -0.2) is 17.8 Å². The van der Waals surface area contributed by atoms with Crippen LogP contribution in [0.15, 0.2) is 30.3 Å². The van der Waals surface area contributed by atoms with Gasteiger partial charge in [-0.25, -0.2) is 0 Å². The predicted octanol–water partition coefficient (Wildman–Crippen LogP) is 4.30. The molecule has 1 aromatic carbocycles. The van der Waals surface area contributed by atoms with Gasteiger partial charge in [-0.05, 0) is 24.3 Å². The molecule has 0 saturated heterocycles. The van der Waals surface area contributed by atoms with Gasteiger partial charge >= 0.3 is 0 Å². The highest BCUT2D eigenvalue weighted by Gasteiger charge is 2.17. The van der Waals surface area contributed by atoms with Crippen LogP contribution in [0.4, 0.5) is 0 Å². The molecule has 2 heteroatoms. The maximum Gasteiger partial charge on any atom is 0.0584 e. The molecule has 0 fully saturated rings. The van der Waals surface area contributed by atoms with Gasteiger partial charge in [0.05, 0.1) is 6.61 Å². The minimum absolute atomic E-state index is 0.196. The van der Waals surface area contributed by atoms with Gasteiger partial charge in [-0.15, -0.1) is 0 Å². The Morgan fingerprint density at radius 3 is 2.35 bits per heavy atom. The number of benzene rings is 1. The zero-order chi connectivity index (χ0) is 14.8. The molecule has 0 spiro atoms. The lowest BCUT2D eigenvalue weighted by Crippen LogP contribution is -2.36. The van der Waals surface area contributed by atoms with Gasteiger partial charge in [0.1, 0.15) is 0 Å². The van der Waals surface area contributed by atoms with Crippen LogP contribution in [0.1, 0.15) is 64.5 Å². The Hall–Kier alpha value is -0.860. The smallest absolute Gasteiger partial charge is 0.0584 e. The minimum Gasteiger partial charge on any atom is -0.395 e. The van der Waals surface area contributed by atoms with Crippen LogP contribution in [0.3, 0.4) is 0 Å². The Morgan fingerprint density at radius 1 is 1.10 bits per heavy atom. The number of hydrogen-bond donors (Lipinski definition) is 2. The van der Waals surface area contributed by atoms with Gasteiger partial charge in [-0.2, -0.15) is 0 Å². The third-order valence-electron chi connectivity index (χ3n) is 3.71. The van der Waals surface area contributed by atoms with Gasteiger partial charge in [0.15, 0.2) is 0 Å². The zero-order valence-electron chi connectivity index (χ0n) is 13.3. The number of aliphatic hydroxyl groups excluding tert-OH is 1. The summed E-state index contributed by atoms with van der Waals surface area (Å²) in [7, 11) is 0. The molecule has 0 aliphatic heterocycles. The molecule has 0 aliphatic carbocycles. The highest BCUT2D eigenvalue weighted by Crippen LogP contribution is 2.21. The lowest BCUT2D eigenvalue weighted by Gasteiger charge is -2.26. The normalized spacial score (nSPS) is 14.4. The van der Waals surface area contributed by atoms with Crippen molar-refractivity contribution in [3.8, 4) is 0 Å². The third kappa shape index (κ3) is 6.53. The summed E-state index contributed by atoms with van der Waals surface area (Å²) < 4.78 is 0. The summed E-state index contributed by atoms with van der Waals surface area (Å²) in [5.41, 5.74) is 1.34.